The van der Waals surface area contributed by atoms with Gasteiger partial charge in [-0.3, -0.25) is 24.1 Å². The van der Waals surface area contributed by atoms with Crippen LogP contribution in [-0.2, 0) is 20.8 Å². The Morgan fingerprint density at radius 1 is 0.485 bits per heavy atom. The molecule has 4 aliphatic heterocycles. The lowest BCUT2D eigenvalue weighted by molar-refractivity contribution is 0.0230. The van der Waals surface area contributed by atoms with E-state index in [4.69, 9.17) is 9.47 Å². The molecular formula is C68H91F4N17O10. The van der Waals surface area contributed by atoms with Gasteiger partial charge in [0.1, 0.15) is 34.0 Å². The van der Waals surface area contributed by atoms with E-state index in [1.54, 1.807) is 65.8 Å². The molecule has 0 atom stereocenters. The van der Waals surface area contributed by atoms with E-state index in [9.17, 15) is 51.1 Å². The smallest absolute Gasteiger partial charge is 0.410 e. The SMILES string of the molecule is CCNC(=O)c1ccc(N2CCN(C(=O)OC(C)(C)C)CC2)c(F)n1.CCNC(=O)c1ccc(N2CCN(Cc3ccc4nc(C)c(=O)[nH]c4c3C)CC2)c(F)n1.CCNC(=O)c1ccc(N2CCNCC2)c(F)n1.COC(=O)c1ccc(N2CCN(C(=O)OC(C)(C)C)CC2)c(F)n1. The molecule has 5 N–H and O–H groups in total. The van der Waals surface area contributed by atoms with Crippen LogP contribution in [0.25, 0.3) is 11.0 Å². The summed E-state index contributed by atoms with van der Waals surface area (Å²) in [6.45, 7) is 31.7. The Morgan fingerprint density at radius 2 is 0.838 bits per heavy atom. The van der Waals surface area contributed by atoms with E-state index in [1.807, 2.05) is 76.2 Å². The highest BCUT2D eigenvalue weighted by atomic mass is 19.1. The van der Waals surface area contributed by atoms with Crippen molar-refractivity contribution in [1.82, 2.24) is 65.9 Å². The van der Waals surface area contributed by atoms with Crippen LogP contribution < -0.4 is 46.4 Å². The third kappa shape index (κ3) is 21.6. The predicted octanol–water partition coefficient (Wildman–Crippen LogP) is 6.62. The van der Waals surface area contributed by atoms with Gasteiger partial charge in [0.2, 0.25) is 23.8 Å². The number of aryl methyl sites for hydroxylation is 2. The van der Waals surface area contributed by atoms with Crippen LogP contribution in [0.3, 0.4) is 0 Å². The van der Waals surface area contributed by atoms with Crippen LogP contribution in [0.15, 0.2) is 65.5 Å². The van der Waals surface area contributed by atoms with Gasteiger partial charge >= 0.3 is 18.2 Å². The number of halogens is 4. The largest absolute Gasteiger partial charge is 0.464 e. The third-order valence-electron chi connectivity index (χ3n) is 15.9. The Bertz CT molecular complexity index is 3860. The number of nitrogens with one attached hydrogen (secondary N) is 5. The summed E-state index contributed by atoms with van der Waals surface area (Å²) in [5.41, 5.74) is 4.60. The number of carbonyl (C=O) groups excluding carboxylic acids is 6. The van der Waals surface area contributed by atoms with Gasteiger partial charge in [-0.1, -0.05) is 6.07 Å². The zero-order chi connectivity index (χ0) is 72.3. The number of aromatic nitrogens is 6. The summed E-state index contributed by atoms with van der Waals surface area (Å²) < 4.78 is 72.0. The topological polar surface area (TPSA) is 298 Å². The summed E-state index contributed by atoms with van der Waals surface area (Å²) in [6.07, 6.45) is -0.737. The number of fused-ring (bicyclic) bond motifs is 1. The lowest BCUT2D eigenvalue weighted by atomic mass is 10.1. The summed E-state index contributed by atoms with van der Waals surface area (Å²) in [4.78, 5) is 118. The van der Waals surface area contributed by atoms with Crippen LogP contribution in [0.1, 0.15) is 121 Å². The summed E-state index contributed by atoms with van der Waals surface area (Å²) in [6, 6.07) is 16.3. The van der Waals surface area contributed by atoms with Crippen LogP contribution in [-0.4, -0.2) is 223 Å². The van der Waals surface area contributed by atoms with Crippen molar-refractivity contribution in [3.63, 3.8) is 0 Å². The van der Waals surface area contributed by atoms with Gasteiger partial charge in [-0.05, 0) is 142 Å². The number of methoxy groups -OCH3 is 1. The van der Waals surface area contributed by atoms with Crippen molar-refractivity contribution in [2.45, 2.75) is 93.9 Å². The summed E-state index contributed by atoms with van der Waals surface area (Å²) >= 11 is 0. The average molecular weight is 1380 g/mol. The molecule has 6 aromatic rings. The van der Waals surface area contributed by atoms with E-state index >= 15 is 0 Å². The minimum absolute atomic E-state index is 0.0514. The standard InChI is InChI=1S/C23H27FN6O2.C17H25FN4O3.C16H22FN3O4.C12H17FN4O/c1-4-25-23(32)18-7-8-19(21(24)27-18)30-11-9-29(10-12-30)13-16-5-6-17-20(14(16)2)28-22(31)15(3)26-17;1-5-19-15(23)12-6-7-13(14(18)20-12)21-8-10-22(11-9-21)16(24)25-17(2,3)4;1-16(2,3)24-15(22)20-9-7-19(8-10-20)12-6-5-11(14(21)23-4)18-13(12)17;1-2-15-12(18)9-3-4-10(11(13)16-9)17-7-5-14-6-8-17/h5-8H,4,9-13H2,1-3H3,(H,25,32)(H,28,31);6-7H,5,8-11H2,1-4H3,(H,19,23);5-6H,7-10H2,1-4H3;3-4,14H,2,5-8H2,1H3,(H,15,18). The molecule has 0 bridgehead atoms. The molecule has 4 saturated heterocycles. The highest BCUT2D eigenvalue weighted by molar-refractivity contribution is 5.93. The Hall–Kier alpha value is -9.78. The first kappa shape index (κ1) is 76.6. The van der Waals surface area contributed by atoms with Crippen LogP contribution >= 0.6 is 0 Å². The maximum Gasteiger partial charge on any atom is 0.410 e. The fourth-order valence-corrected chi connectivity index (χ4v) is 10.8. The van der Waals surface area contributed by atoms with Crippen LogP contribution in [0, 0.1) is 37.6 Å². The van der Waals surface area contributed by atoms with Gasteiger partial charge < -0.3 is 69.9 Å². The van der Waals surface area contributed by atoms with Gasteiger partial charge in [-0.15, -0.1) is 0 Å². The molecule has 4 aliphatic rings. The van der Waals surface area contributed by atoms with Crippen molar-refractivity contribution < 1.29 is 60.5 Å². The molecule has 10 rings (SSSR count). The molecule has 4 fully saturated rings. The number of H-pyrrole nitrogens is 1. The lowest BCUT2D eigenvalue weighted by Gasteiger charge is -2.36. The molecule has 536 valence electrons. The molecule has 27 nitrogen and oxygen atoms in total. The molecule has 9 heterocycles. The number of benzene rings is 1. The second-order valence-corrected chi connectivity index (χ2v) is 25.4. The summed E-state index contributed by atoms with van der Waals surface area (Å²) in [5, 5.41) is 11.0. The number of piperazine rings is 4. The number of pyridine rings is 4. The molecule has 5 amide bonds. The Morgan fingerprint density at radius 3 is 1.19 bits per heavy atom. The van der Waals surface area contributed by atoms with Crippen LogP contribution in [0.5, 0.6) is 0 Å². The third-order valence-corrected chi connectivity index (χ3v) is 15.9. The van der Waals surface area contributed by atoms with Crippen molar-refractivity contribution in [2.75, 3.05) is 151 Å². The van der Waals surface area contributed by atoms with Gasteiger partial charge in [0, 0.05) is 131 Å². The van der Waals surface area contributed by atoms with Gasteiger partial charge in [0.05, 0.1) is 40.9 Å². The van der Waals surface area contributed by atoms with Crippen molar-refractivity contribution in [2.24, 2.45) is 0 Å². The van der Waals surface area contributed by atoms with E-state index in [-0.39, 0.29) is 52.3 Å². The number of anilines is 4. The Kier molecular flexibility index (Phi) is 27.2. The second-order valence-electron chi connectivity index (χ2n) is 25.4. The summed E-state index contributed by atoms with van der Waals surface area (Å²) in [7, 11) is 1.21. The highest BCUT2D eigenvalue weighted by Gasteiger charge is 2.30. The maximum absolute atomic E-state index is 14.6. The molecule has 0 saturated carbocycles. The minimum Gasteiger partial charge on any atom is -0.464 e. The highest BCUT2D eigenvalue weighted by Crippen LogP contribution is 2.26. The van der Waals surface area contributed by atoms with E-state index in [0.717, 1.165) is 68.0 Å². The zero-order valence-corrected chi connectivity index (χ0v) is 58.4. The van der Waals surface area contributed by atoms with Crippen molar-refractivity contribution in [1.29, 1.82) is 0 Å². The second kappa shape index (κ2) is 35.1. The van der Waals surface area contributed by atoms with Crippen molar-refractivity contribution >= 4 is 69.7 Å². The number of aromatic amines is 1. The average Bonchev–Trinajstić information content (AvgIpc) is 0.810. The fourth-order valence-electron chi connectivity index (χ4n) is 10.8. The molecule has 0 aliphatic carbocycles. The molecule has 31 heteroatoms. The number of rotatable bonds is 13. The first-order valence-electron chi connectivity index (χ1n) is 33.0. The van der Waals surface area contributed by atoms with Crippen molar-refractivity contribution in [3.05, 3.63) is 134 Å². The Balaban J connectivity index is 0.000000189. The van der Waals surface area contributed by atoms with Gasteiger partial charge in [0.15, 0.2) is 5.69 Å². The number of carbonyl (C=O) groups is 6. The molecule has 0 radical (unpaired) electrons. The van der Waals surface area contributed by atoms with E-state index in [2.05, 4.69) is 66.9 Å². The normalized spacial score (nSPS) is 15.1. The molecule has 0 spiro atoms. The monoisotopic (exact) mass is 1380 g/mol. The minimum atomic E-state index is -0.733. The first-order chi connectivity index (χ1) is 47.0. The van der Waals surface area contributed by atoms with E-state index < -0.39 is 46.9 Å². The van der Waals surface area contributed by atoms with Gasteiger partial charge in [0.25, 0.3) is 23.3 Å². The Labute approximate surface area is 573 Å². The van der Waals surface area contributed by atoms with E-state index in [0.29, 0.717) is 114 Å². The molecule has 1 aromatic carbocycles. The van der Waals surface area contributed by atoms with Gasteiger partial charge in [-0.25, -0.2) is 39.3 Å². The number of esters is 1. The van der Waals surface area contributed by atoms with Gasteiger partial charge in [-0.2, -0.15) is 17.6 Å². The number of amides is 5. The number of hydrogen-bond acceptors (Lipinski definition) is 21. The van der Waals surface area contributed by atoms with Crippen LogP contribution in [0.2, 0.25) is 0 Å². The fraction of sp³-hybridized carbons (Fsp3) is 0.500. The molecule has 0 unspecified atom stereocenters. The number of nitrogens with zero attached hydrogens (tertiary/aromatic N) is 12. The molecular weight excluding hydrogens is 1290 g/mol. The summed E-state index contributed by atoms with van der Waals surface area (Å²) in [5.74, 6) is -4.43. The molecule has 5 aromatic heterocycles. The zero-order valence-electron chi connectivity index (χ0n) is 58.4. The predicted molar refractivity (Wildman–Crippen MR) is 367 cm³/mol. The molecule has 99 heavy (non-hydrogen) atoms. The van der Waals surface area contributed by atoms with Crippen molar-refractivity contribution in [3.8, 4) is 0 Å². The first-order valence-corrected chi connectivity index (χ1v) is 33.0. The van der Waals surface area contributed by atoms with Crippen LogP contribution in [0.4, 0.5) is 49.9 Å². The number of ether oxygens (including phenoxy) is 3. The maximum atomic E-state index is 14.6. The lowest BCUT2D eigenvalue weighted by Crippen LogP contribution is -2.50. The number of hydrogen-bond donors (Lipinski definition) is 5. The van der Waals surface area contributed by atoms with E-state index in [1.165, 1.54) is 25.3 Å². The quantitative estimate of drug-likeness (QED) is 0.0351.